The van der Waals surface area contributed by atoms with Crippen molar-refractivity contribution < 1.29 is 19.4 Å². The third kappa shape index (κ3) is 4.47. The molecule has 3 rings (SSSR count). The van der Waals surface area contributed by atoms with Gasteiger partial charge >= 0.3 is 6.03 Å². The number of hydrogen-bond acceptors (Lipinski definition) is 4. The summed E-state index contributed by atoms with van der Waals surface area (Å²) in [5.41, 5.74) is 3.25. The first-order valence-electron chi connectivity index (χ1n) is 8.56. The number of anilines is 1. The predicted octanol–water partition coefficient (Wildman–Crippen LogP) is 2.78. The lowest BCUT2D eigenvalue weighted by atomic mass is 10.0. The minimum Gasteiger partial charge on any atom is -0.389 e. The zero-order valence-electron chi connectivity index (χ0n) is 14.6. The fourth-order valence-corrected chi connectivity index (χ4v) is 2.84. The molecular formula is C20H22N2O4. The highest BCUT2D eigenvalue weighted by atomic mass is 16.5. The molecule has 0 radical (unpaired) electrons. The van der Waals surface area contributed by atoms with Crippen molar-refractivity contribution in [3.8, 4) is 11.1 Å². The van der Waals surface area contributed by atoms with Gasteiger partial charge < -0.3 is 20.1 Å². The van der Waals surface area contributed by atoms with E-state index in [9.17, 15) is 14.7 Å². The van der Waals surface area contributed by atoms with E-state index < -0.39 is 6.10 Å². The van der Waals surface area contributed by atoms with Crippen molar-refractivity contribution in [3.63, 3.8) is 0 Å². The number of hydrogen-bond donors (Lipinski definition) is 2. The van der Waals surface area contributed by atoms with E-state index in [0.29, 0.717) is 24.4 Å². The first kappa shape index (κ1) is 18.1. The summed E-state index contributed by atoms with van der Waals surface area (Å²) in [7, 11) is 0. The van der Waals surface area contributed by atoms with Gasteiger partial charge in [-0.15, -0.1) is 0 Å². The van der Waals surface area contributed by atoms with Crippen molar-refractivity contribution in [2.45, 2.75) is 13.0 Å². The Balaban J connectivity index is 1.68. The van der Waals surface area contributed by atoms with E-state index in [0.717, 1.165) is 11.1 Å². The minimum atomic E-state index is -0.667. The topological polar surface area (TPSA) is 78.9 Å². The molecule has 0 aromatic heterocycles. The van der Waals surface area contributed by atoms with Crippen molar-refractivity contribution >= 4 is 17.5 Å². The number of ketones is 1. The molecule has 1 atom stereocenters. The van der Waals surface area contributed by atoms with Gasteiger partial charge in [0.2, 0.25) is 0 Å². The van der Waals surface area contributed by atoms with E-state index in [1.54, 1.807) is 17.9 Å². The summed E-state index contributed by atoms with van der Waals surface area (Å²) in [6.45, 7) is 2.90. The van der Waals surface area contributed by atoms with E-state index in [2.05, 4.69) is 5.32 Å². The maximum absolute atomic E-state index is 12.4. The molecule has 1 aliphatic heterocycles. The van der Waals surface area contributed by atoms with Gasteiger partial charge in [0, 0.05) is 17.8 Å². The van der Waals surface area contributed by atoms with Crippen molar-refractivity contribution in [2.24, 2.45) is 0 Å². The van der Waals surface area contributed by atoms with Crippen LogP contribution >= 0.6 is 0 Å². The number of amides is 2. The molecule has 1 saturated heterocycles. The van der Waals surface area contributed by atoms with Crippen LogP contribution in [0.2, 0.25) is 0 Å². The lowest BCUT2D eigenvalue weighted by Crippen LogP contribution is -2.40. The molecule has 26 heavy (non-hydrogen) atoms. The number of β-amino-alcohol motifs (C(OH)–C–C–N with tert-alkyl or cyclic N) is 1. The van der Waals surface area contributed by atoms with Crippen LogP contribution in [0.3, 0.4) is 0 Å². The molecule has 2 amide bonds. The summed E-state index contributed by atoms with van der Waals surface area (Å²) in [5, 5.41) is 12.6. The molecule has 0 saturated carbocycles. The highest BCUT2D eigenvalue weighted by Crippen LogP contribution is 2.23. The van der Waals surface area contributed by atoms with Crippen LogP contribution in [0.4, 0.5) is 10.5 Å². The summed E-state index contributed by atoms with van der Waals surface area (Å²) >= 11 is 0. The van der Waals surface area contributed by atoms with Gasteiger partial charge in [-0.1, -0.05) is 30.3 Å². The van der Waals surface area contributed by atoms with Gasteiger partial charge in [0.1, 0.15) is 0 Å². The van der Waals surface area contributed by atoms with Gasteiger partial charge in [-0.2, -0.15) is 0 Å². The molecule has 1 heterocycles. The van der Waals surface area contributed by atoms with Crippen LogP contribution in [0.15, 0.2) is 48.5 Å². The molecule has 6 heteroatoms. The zero-order valence-corrected chi connectivity index (χ0v) is 14.6. The highest BCUT2D eigenvalue weighted by Gasteiger charge is 2.20. The summed E-state index contributed by atoms with van der Waals surface area (Å²) in [6.07, 6.45) is -0.667. The van der Waals surface area contributed by atoms with Crippen molar-refractivity contribution in [1.29, 1.82) is 0 Å². The first-order valence-corrected chi connectivity index (χ1v) is 8.56. The second-order valence-corrected chi connectivity index (χ2v) is 6.32. The maximum atomic E-state index is 12.4. The van der Waals surface area contributed by atoms with E-state index in [-0.39, 0.29) is 25.0 Å². The second-order valence-electron chi connectivity index (χ2n) is 6.32. The van der Waals surface area contributed by atoms with Gasteiger partial charge in [-0.3, -0.25) is 4.79 Å². The average Bonchev–Trinajstić information content (AvgIpc) is 2.87. The van der Waals surface area contributed by atoms with Crippen LogP contribution in [0.5, 0.6) is 0 Å². The van der Waals surface area contributed by atoms with Crippen LogP contribution in [0.1, 0.15) is 17.3 Å². The standard InChI is InChI=1S/C20H22N2O4/c1-14(23)16-3-2-4-17(11-16)15-5-7-18(8-6-15)21-20(25)22-9-10-26-13-19(24)12-22/h2-8,11,19,24H,9-10,12-13H2,1H3,(H,21,25)/t19-/m0/s1. The Bertz CT molecular complexity index is 789. The molecule has 0 aliphatic carbocycles. The summed E-state index contributed by atoms with van der Waals surface area (Å²) in [5.74, 6) is 0.0272. The van der Waals surface area contributed by atoms with Crippen LogP contribution in [-0.2, 0) is 4.74 Å². The number of urea groups is 1. The Kier molecular flexibility index (Phi) is 5.65. The van der Waals surface area contributed by atoms with Gasteiger partial charge in [0.05, 0.1) is 25.9 Å². The zero-order chi connectivity index (χ0) is 18.5. The van der Waals surface area contributed by atoms with Crippen LogP contribution < -0.4 is 5.32 Å². The van der Waals surface area contributed by atoms with Gasteiger partial charge in [-0.05, 0) is 36.2 Å². The Morgan fingerprint density at radius 3 is 2.65 bits per heavy atom. The van der Waals surface area contributed by atoms with Crippen LogP contribution in [0, 0.1) is 0 Å². The summed E-state index contributed by atoms with van der Waals surface area (Å²) < 4.78 is 5.23. The normalized spacial score (nSPS) is 17.5. The molecule has 0 unspecified atom stereocenters. The Morgan fingerprint density at radius 2 is 1.92 bits per heavy atom. The van der Waals surface area contributed by atoms with E-state index >= 15 is 0 Å². The Labute approximate surface area is 152 Å². The molecule has 0 bridgehead atoms. The monoisotopic (exact) mass is 354 g/mol. The summed E-state index contributed by atoms with van der Waals surface area (Å²) in [6, 6.07) is 14.6. The number of benzene rings is 2. The molecule has 1 fully saturated rings. The largest absolute Gasteiger partial charge is 0.389 e. The number of carbonyl (C=O) groups is 2. The number of nitrogens with zero attached hydrogens (tertiary/aromatic N) is 1. The fourth-order valence-electron chi connectivity index (χ4n) is 2.84. The van der Waals surface area contributed by atoms with Crippen molar-refractivity contribution in [3.05, 3.63) is 54.1 Å². The number of nitrogens with one attached hydrogen (secondary N) is 1. The Morgan fingerprint density at radius 1 is 1.15 bits per heavy atom. The predicted molar refractivity (Wildman–Crippen MR) is 99.3 cm³/mol. The number of carbonyl (C=O) groups excluding carboxylic acids is 2. The molecule has 0 spiro atoms. The lowest BCUT2D eigenvalue weighted by Gasteiger charge is -2.21. The van der Waals surface area contributed by atoms with E-state index in [1.165, 1.54) is 0 Å². The average molecular weight is 354 g/mol. The highest BCUT2D eigenvalue weighted by molar-refractivity contribution is 5.95. The Hall–Kier alpha value is -2.70. The summed E-state index contributed by atoms with van der Waals surface area (Å²) in [4.78, 5) is 25.4. The molecule has 2 aromatic carbocycles. The molecule has 6 nitrogen and oxygen atoms in total. The third-order valence-corrected chi connectivity index (χ3v) is 4.27. The van der Waals surface area contributed by atoms with E-state index in [4.69, 9.17) is 4.74 Å². The van der Waals surface area contributed by atoms with Gasteiger partial charge in [0.25, 0.3) is 0 Å². The maximum Gasteiger partial charge on any atom is 0.322 e. The fraction of sp³-hybridized carbons (Fsp3) is 0.300. The first-order chi connectivity index (χ1) is 12.5. The number of rotatable bonds is 3. The van der Waals surface area contributed by atoms with E-state index in [1.807, 2.05) is 42.5 Å². The molecule has 1 aliphatic rings. The number of Topliss-reactive ketones (excluding diaryl/α,β-unsaturated/α-hetero) is 1. The lowest BCUT2D eigenvalue weighted by molar-refractivity contribution is 0.0575. The van der Waals surface area contributed by atoms with Crippen LogP contribution in [0.25, 0.3) is 11.1 Å². The number of aliphatic hydroxyl groups is 1. The quantitative estimate of drug-likeness (QED) is 0.831. The SMILES string of the molecule is CC(=O)c1cccc(-c2ccc(NC(=O)N3CCOC[C@@H](O)C3)cc2)c1. The molecule has 2 aromatic rings. The molecule has 2 N–H and O–H groups in total. The van der Waals surface area contributed by atoms with Gasteiger partial charge in [0.15, 0.2) is 5.78 Å². The van der Waals surface area contributed by atoms with Crippen LogP contribution in [-0.4, -0.2) is 54.2 Å². The number of aliphatic hydroxyl groups excluding tert-OH is 1. The minimum absolute atomic E-state index is 0.0272. The third-order valence-electron chi connectivity index (χ3n) is 4.27. The van der Waals surface area contributed by atoms with Crippen molar-refractivity contribution in [2.75, 3.05) is 31.6 Å². The van der Waals surface area contributed by atoms with Crippen molar-refractivity contribution in [1.82, 2.24) is 4.90 Å². The second kappa shape index (κ2) is 8.12. The molecule has 136 valence electrons. The number of ether oxygens (including phenoxy) is 1. The van der Waals surface area contributed by atoms with Gasteiger partial charge in [-0.25, -0.2) is 4.79 Å². The smallest absolute Gasteiger partial charge is 0.322 e. The molecular weight excluding hydrogens is 332 g/mol.